The van der Waals surface area contributed by atoms with E-state index in [9.17, 15) is 5.11 Å². The molecule has 1 aromatic rings. The van der Waals surface area contributed by atoms with Gasteiger partial charge < -0.3 is 9.67 Å². The van der Waals surface area contributed by atoms with E-state index >= 15 is 0 Å². The molecule has 20 heavy (non-hydrogen) atoms. The first-order valence-corrected chi connectivity index (χ1v) is 8.05. The fourth-order valence-corrected chi connectivity index (χ4v) is 3.29. The number of likely N-dealkylation sites (tertiary alicyclic amines) is 1. The summed E-state index contributed by atoms with van der Waals surface area (Å²) < 4.78 is 2.12. The molecule has 0 spiro atoms. The smallest absolute Gasteiger partial charge is 0.111 e. The van der Waals surface area contributed by atoms with Gasteiger partial charge in [-0.1, -0.05) is 13.3 Å². The largest absolute Gasteiger partial charge is 0.391 e. The molecule has 1 aliphatic rings. The highest BCUT2D eigenvalue weighted by Gasteiger charge is 2.38. The first-order valence-electron chi connectivity index (χ1n) is 8.05. The van der Waals surface area contributed by atoms with Crippen LogP contribution in [0.2, 0.25) is 0 Å². The maximum atomic E-state index is 10.8. The van der Waals surface area contributed by atoms with Crippen molar-refractivity contribution in [3.63, 3.8) is 0 Å². The highest BCUT2D eigenvalue weighted by molar-refractivity contribution is 5.01. The van der Waals surface area contributed by atoms with Crippen molar-refractivity contribution in [1.29, 1.82) is 0 Å². The number of nitrogens with zero attached hydrogens (tertiary/aromatic N) is 3. The van der Waals surface area contributed by atoms with Crippen LogP contribution in [-0.2, 0) is 13.0 Å². The Morgan fingerprint density at radius 1 is 1.30 bits per heavy atom. The fraction of sp³-hybridized carbons (Fsp3) is 0.812. The molecule has 2 atom stereocenters. The summed E-state index contributed by atoms with van der Waals surface area (Å²) in [5, 5.41) is 10.8. The second-order valence-electron chi connectivity index (χ2n) is 6.11. The molecule has 4 heteroatoms. The lowest BCUT2D eigenvalue weighted by molar-refractivity contribution is -0.0339. The van der Waals surface area contributed by atoms with E-state index in [1.807, 2.05) is 12.4 Å². The Kier molecular flexibility index (Phi) is 5.22. The van der Waals surface area contributed by atoms with Gasteiger partial charge in [0, 0.05) is 30.9 Å². The van der Waals surface area contributed by atoms with Crippen molar-refractivity contribution >= 4 is 0 Å². The molecule has 0 bridgehead atoms. The predicted molar refractivity (Wildman–Crippen MR) is 81.7 cm³/mol. The zero-order valence-electron chi connectivity index (χ0n) is 13.2. The third-order valence-corrected chi connectivity index (χ3v) is 5.03. The third-order valence-electron chi connectivity index (χ3n) is 5.03. The van der Waals surface area contributed by atoms with Gasteiger partial charge in [0.2, 0.25) is 0 Å². The van der Waals surface area contributed by atoms with Crippen LogP contribution in [0.25, 0.3) is 0 Å². The molecule has 1 N–H and O–H groups in total. The van der Waals surface area contributed by atoms with Crippen molar-refractivity contribution < 1.29 is 5.11 Å². The maximum absolute atomic E-state index is 10.8. The van der Waals surface area contributed by atoms with Crippen LogP contribution >= 0.6 is 0 Å². The van der Waals surface area contributed by atoms with Gasteiger partial charge in [0.25, 0.3) is 0 Å². The van der Waals surface area contributed by atoms with Gasteiger partial charge in [-0.15, -0.1) is 0 Å². The van der Waals surface area contributed by atoms with Gasteiger partial charge >= 0.3 is 0 Å². The number of rotatable bonds is 6. The van der Waals surface area contributed by atoms with Crippen LogP contribution in [0.5, 0.6) is 0 Å². The molecule has 1 saturated heterocycles. The molecule has 114 valence electrons. The second kappa shape index (κ2) is 6.72. The molecule has 2 heterocycles. The van der Waals surface area contributed by atoms with E-state index in [0.29, 0.717) is 6.42 Å². The molecule has 0 amide bonds. The summed E-state index contributed by atoms with van der Waals surface area (Å²) in [6.07, 6.45) is 8.91. The Labute approximate surface area is 122 Å². The predicted octanol–water partition coefficient (Wildman–Crippen LogP) is 2.46. The molecule has 1 fully saturated rings. The lowest BCUT2D eigenvalue weighted by Gasteiger charge is -2.46. The molecule has 0 saturated carbocycles. The van der Waals surface area contributed by atoms with Crippen LogP contribution in [-0.4, -0.2) is 44.3 Å². The summed E-state index contributed by atoms with van der Waals surface area (Å²) in [7, 11) is 0. The molecular formula is C16H29N3O. The molecule has 2 unspecified atom stereocenters. The molecule has 0 aliphatic carbocycles. The first kappa shape index (κ1) is 15.5. The zero-order chi connectivity index (χ0) is 14.6. The molecule has 1 aliphatic heterocycles. The van der Waals surface area contributed by atoms with E-state index in [-0.39, 0.29) is 11.6 Å². The lowest BCUT2D eigenvalue weighted by Crippen LogP contribution is -2.56. The summed E-state index contributed by atoms with van der Waals surface area (Å²) >= 11 is 0. The van der Waals surface area contributed by atoms with E-state index in [0.717, 1.165) is 31.9 Å². The third kappa shape index (κ3) is 3.07. The standard InChI is InChI=1S/C16H29N3O/c1-4-16(3,19-10-7-6-8-11-19)14(20)13-15-17-9-12-18(15)5-2/h9,12,14,20H,4-8,10-11,13H2,1-3H3. The highest BCUT2D eigenvalue weighted by atomic mass is 16.3. The minimum atomic E-state index is -0.363. The SMILES string of the molecule is CCn1ccnc1CC(O)C(C)(CC)N1CCCCC1. The van der Waals surface area contributed by atoms with E-state index in [1.54, 1.807) is 0 Å². The number of hydrogen-bond donors (Lipinski definition) is 1. The average molecular weight is 279 g/mol. The average Bonchev–Trinajstić information content (AvgIpc) is 2.94. The quantitative estimate of drug-likeness (QED) is 0.869. The maximum Gasteiger partial charge on any atom is 0.111 e. The van der Waals surface area contributed by atoms with Crippen LogP contribution in [0.1, 0.15) is 52.3 Å². The highest BCUT2D eigenvalue weighted by Crippen LogP contribution is 2.29. The Balaban J connectivity index is 2.09. The zero-order valence-corrected chi connectivity index (χ0v) is 13.2. The number of aliphatic hydroxyl groups excluding tert-OH is 1. The van der Waals surface area contributed by atoms with Crippen LogP contribution in [0.4, 0.5) is 0 Å². The van der Waals surface area contributed by atoms with E-state index in [4.69, 9.17) is 0 Å². The summed E-state index contributed by atoms with van der Waals surface area (Å²) in [6.45, 7) is 9.65. The van der Waals surface area contributed by atoms with Gasteiger partial charge in [-0.3, -0.25) is 4.90 Å². The summed E-state index contributed by atoms with van der Waals surface area (Å²) in [6, 6.07) is 0. The van der Waals surface area contributed by atoms with E-state index < -0.39 is 0 Å². The topological polar surface area (TPSA) is 41.3 Å². The Bertz CT molecular complexity index is 412. The number of hydrogen-bond acceptors (Lipinski definition) is 3. The van der Waals surface area contributed by atoms with Crippen LogP contribution in [0.15, 0.2) is 12.4 Å². The van der Waals surface area contributed by atoms with Crippen molar-refractivity contribution in [2.24, 2.45) is 0 Å². The van der Waals surface area contributed by atoms with Crippen molar-refractivity contribution in [2.45, 2.75) is 71.1 Å². The summed E-state index contributed by atoms with van der Waals surface area (Å²) in [5.41, 5.74) is -0.134. The molecule has 1 aromatic heterocycles. The van der Waals surface area contributed by atoms with Gasteiger partial charge in [-0.05, 0) is 46.2 Å². The Morgan fingerprint density at radius 3 is 2.60 bits per heavy atom. The minimum Gasteiger partial charge on any atom is -0.391 e. The van der Waals surface area contributed by atoms with Crippen molar-refractivity contribution in [3.8, 4) is 0 Å². The minimum absolute atomic E-state index is 0.134. The van der Waals surface area contributed by atoms with Gasteiger partial charge in [0.15, 0.2) is 0 Å². The molecule has 4 nitrogen and oxygen atoms in total. The number of piperidine rings is 1. The second-order valence-corrected chi connectivity index (χ2v) is 6.11. The lowest BCUT2D eigenvalue weighted by atomic mass is 9.85. The Hall–Kier alpha value is -0.870. The monoisotopic (exact) mass is 279 g/mol. The number of aromatic nitrogens is 2. The van der Waals surface area contributed by atoms with Crippen LogP contribution in [0, 0.1) is 0 Å². The van der Waals surface area contributed by atoms with Crippen molar-refractivity contribution in [3.05, 3.63) is 18.2 Å². The number of aryl methyl sites for hydroxylation is 1. The first-order chi connectivity index (χ1) is 9.61. The van der Waals surface area contributed by atoms with E-state index in [1.165, 1.54) is 19.3 Å². The van der Waals surface area contributed by atoms with E-state index in [2.05, 4.69) is 35.2 Å². The molecule has 0 aromatic carbocycles. The van der Waals surface area contributed by atoms with Gasteiger partial charge in [-0.25, -0.2) is 4.98 Å². The number of imidazole rings is 1. The number of aliphatic hydroxyl groups is 1. The fourth-order valence-electron chi connectivity index (χ4n) is 3.29. The van der Waals surface area contributed by atoms with Crippen molar-refractivity contribution in [2.75, 3.05) is 13.1 Å². The summed E-state index contributed by atoms with van der Waals surface area (Å²) in [4.78, 5) is 6.89. The van der Waals surface area contributed by atoms with Gasteiger partial charge in [-0.2, -0.15) is 0 Å². The summed E-state index contributed by atoms with van der Waals surface area (Å²) in [5.74, 6) is 0.997. The van der Waals surface area contributed by atoms with Gasteiger partial charge in [0.05, 0.1) is 6.10 Å². The van der Waals surface area contributed by atoms with Crippen LogP contribution in [0.3, 0.4) is 0 Å². The van der Waals surface area contributed by atoms with Crippen LogP contribution < -0.4 is 0 Å². The Morgan fingerprint density at radius 2 is 2.00 bits per heavy atom. The molecule has 0 radical (unpaired) electrons. The normalized spacial score (nSPS) is 21.6. The van der Waals surface area contributed by atoms with Gasteiger partial charge in [0.1, 0.15) is 5.82 Å². The van der Waals surface area contributed by atoms with Crippen molar-refractivity contribution in [1.82, 2.24) is 14.5 Å². The molecule has 2 rings (SSSR count). The molecular weight excluding hydrogens is 250 g/mol.